The molecule has 0 bridgehead atoms. The van der Waals surface area contributed by atoms with Crippen molar-refractivity contribution in [1.82, 2.24) is 9.88 Å². The van der Waals surface area contributed by atoms with Gasteiger partial charge in [0, 0.05) is 24.5 Å². The van der Waals surface area contributed by atoms with Gasteiger partial charge in [0.05, 0.1) is 5.69 Å². The number of likely N-dealkylation sites (tertiary alicyclic amines) is 1. The van der Waals surface area contributed by atoms with Gasteiger partial charge in [-0.1, -0.05) is 18.2 Å². The molecule has 1 aromatic heterocycles. The van der Waals surface area contributed by atoms with Crippen LogP contribution in [-0.4, -0.2) is 47.2 Å². The zero-order valence-corrected chi connectivity index (χ0v) is 18.0. The third-order valence-corrected chi connectivity index (χ3v) is 6.52. The SMILES string of the molecule is Oc1ccc2cc(/C=C/c3ccc(F)c(F)c3)nc(N3CCC[C@@H]3CN3CCCC3)c2c1. The lowest BCUT2D eigenvalue weighted by Crippen LogP contribution is -2.39. The molecular weight excluding hydrogens is 408 g/mol. The molecule has 2 aromatic carbocycles. The number of phenols is 1. The summed E-state index contributed by atoms with van der Waals surface area (Å²) >= 11 is 0. The van der Waals surface area contributed by atoms with Crippen molar-refractivity contribution in [2.24, 2.45) is 0 Å². The smallest absolute Gasteiger partial charge is 0.159 e. The average molecular weight is 436 g/mol. The molecule has 0 saturated carbocycles. The number of nitrogens with zero attached hydrogens (tertiary/aromatic N) is 3. The summed E-state index contributed by atoms with van der Waals surface area (Å²) in [6, 6.07) is 11.6. The van der Waals surface area contributed by atoms with Crippen molar-refractivity contribution in [3.63, 3.8) is 0 Å². The molecule has 0 amide bonds. The number of hydrogen-bond donors (Lipinski definition) is 1. The molecule has 1 N–H and O–H groups in total. The van der Waals surface area contributed by atoms with E-state index in [0.29, 0.717) is 11.6 Å². The van der Waals surface area contributed by atoms with Crippen LogP contribution in [0.3, 0.4) is 0 Å². The third-order valence-electron chi connectivity index (χ3n) is 6.52. The molecule has 3 aromatic rings. The fourth-order valence-corrected chi connectivity index (χ4v) is 4.91. The summed E-state index contributed by atoms with van der Waals surface area (Å²) in [5.74, 6) is -0.617. The molecule has 2 aliphatic heterocycles. The highest BCUT2D eigenvalue weighted by Crippen LogP contribution is 2.34. The van der Waals surface area contributed by atoms with Crippen molar-refractivity contribution in [3.05, 3.63) is 65.4 Å². The van der Waals surface area contributed by atoms with Gasteiger partial charge in [0.1, 0.15) is 11.6 Å². The zero-order chi connectivity index (χ0) is 22.1. The van der Waals surface area contributed by atoms with E-state index in [2.05, 4.69) is 9.80 Å². The summed E-state index contributed by atoms with van der Waals surface area (Å²) < 4.78 is 26.8. The Morgan fingerprint density at radius 2 is 1.78 bits per heavy atom. The first kappa shape index (κ1) is 20.9. The molecule has 0 spiro atoms. The van der Waals surface area contributed by atoms with Crippen molar-refractivity contribution < 1.29 is 13.9 Å². The Balaban J connectivity index is 1.51. The molecule has 0 unspecified atom stereocenters. The molecule has 1 atom stereocenters. The van der Waals surface area contributed by atoms with Gasteiger partial charge < -0.3 is 14.9 Å². The lowest BCUT2D eigenvalue weighted by atomic mass is 10.1. The van der Waals surface area contributed by atoms with E-state index in [-0.39, 0.29) is 5.75 Å². The van der Waals surface area contributed by atoms with E-state index in [1.54, 1.807) is 24.3 Å². The lowest BCUT2D eigenvalue weighted by Gasteiger charge is -2.30. The maximum Gasteiger partial charge on any atom is 0.159 e. The molecule has 166 valence electrons. The average Bonchev–Trinajstić information content (AvgIpc) is 3.47. The van der Waals surface area contributed by atoms with E-state index in [0.717, 1.165) is 67.4 Å². The van der Waals surface area contributed by atoms with Crippen LogP contribution in [0.4, 0.5) is 14.6 Å². The van der Waals surface area contributed by atoms with Crippen molar-refractivity contribution in [2.45, 2.75) is 31.7 Å². The van der Waals surface area contributed by atoms with Crippen molar-refractivity contribution >= 4 is 28.7 Å². The fraction of sp³-hybridized carbons (Fsp3) is 0.346. The van der Waals surface area contributed by atoms with E-state index in [9.17, 15) is 13.9 Å². The number of pyridine rings is 1. The van der Waals surface area contributed by atoms with Crippen LogP contribution in [0.2, 0.25) is 0 Å². The normalized spacial score (nSPS) is 19.6. The molecule has 2 saturated heterocycles. The summed E-state index contributed by atoms with van der Waals surface area (Å²) in [6.45, 7) is 4.30. The number of halogens is 2. The summed E-state index contributed by atoms with van der Waals surface area (Å²) in [6.07, 6.45) is 8.36. The van der Waals surface area contributed by atoms with Gasteiger partial charge in [-0.2, -0.15) is 0 Å². The van der Waals surface area contributed by atoms with Crippen LogP contribution >= 0.6 is 0 Å². The molecular formula is C26H27F2N3O. The summed E-state index contributed by atoms with van der Waals surface area (Å²) in [5, 5.41) is 12.1. The van der Waals surface area contributed by atoms with E-state index >= 15 is 0 Å². The lowest BCUT2D eigenvalue weighted by molar-refractivity contribution is 0.313. The quantitative estimate of drug-likeness (QED) is 0.578. The van der Waals surface area contributed by atoms with E-state index in [1.807, 2.05) is 18.2 Å². The Morgan fingerprint density at radius 1 is 0.938 bits per heavy atom. The van der Waals surface area contributed by atoms with Gasteiger partial charge >= 0.3 is 0 Å². The van der Waals surface area contributed by atoms with Crippen molar-refractivity contribution in [1.29, 1.82) is 0 Å². The van der Waals surface area contributed by atoms with Gasteiger partial charge in [-0.05, 0) is 86.1 Å². The Bertz CT molecular complexity index is 1160. The summed E-state index contributed by atoms with van der Waals surface area (Å²) in [4.78, 5) is 9.87. The molecule has 2 aliphatic rings. The standard InChI is InChI=1S/C26H27F2N3O/c27-24-10-6-18(14-25(24)28)5-8-20-15-19-7-9-22(32)16-23(19)26(29-20)31-13-3-4-21(31)17-30-11-1-2-12-30/h5-10,14-16,21,32H,1-4,11-13,17H2/b8-5+/t21-/m1/s1. The topological polar surface area (TPSA) is 39.6 Å². The Morgan fingerprint density at radius 3 is 2.59 bits per heavy atom. The minimum atomic E-state index is -0.864. The first-order valence-electron chi connectivity index (χ1n) is 11.3. The van der Waals surface area contributed by atoms with E-state index < -0.39 is 11.6 Å². The summed E-state index contributed by atoms with van der Waals surface area (Å²) in [7, 11) is 0. The number of hydrogen-bond acceptors (Lipinski definition) is 4. The van der Waals surface area contributed by atoms with Crippen LogP contribution in [0, 0.1) is 11.6 Å². The van der Waals surface area contributed by atoms with E-state index in [1.165, 1.54) is 18.9 Å². The maximum absolute atomic E-state index is 13.6. The number of phenolic OH excluding ortho intramolecular Hbond substituents is 1. The Labute approximate surface area is 186 Å². The third kappa shape index (κ3) is 4.32. The molecule has 0 radical (unpaired) electrons. The number of rotatable bonds is 5. The predicted octanol–water partition coefficient (Wildman–Crippen LogP) is 5.45. The monoisotopic (exact) mass is 435 g/mol. The van der Waals surface area contributed by atoms with Gasteiger partial charge in [0.25, 0.3) is 0 Å². The number of aromatic nitrogens is 1. The van der Waals surface area contributed by atoms with Crippen molar-refractivity contribution in [3.8, 4) is 5.75 Å². The summed E-state index contributed by atoms with van der Waals surface area (Å²) in [5.41, 5.74) is 1.32. The van der Waals surface area contributed by atoms with Crippen molar-refractivity contribution in [2.75, 3.05) is 31.1 Å². The molecule has 32 heavy (non-hydrogen) atoms. The van der Waals surface area contributed by atoms with Crippen LogP contribution in [-0.2, 0) is 0 Å². The van der Waals surface area contributed by atoms with Crippen LogP contribution in [0.25, 0.3) is 22.9 Å². The first-order chi connectivity index (χ1) is 15.6. The Kier molecular flexibility index (Phi) is 5.79. The number of fused-ring (bicyclic) bond motifs is 1. The minimum Gasteiger partial charge on any atom is -0.508 e. The second-order valence-corrected chi connectivity index (χ2v) is 8.78. The van der Waals surface area contributed by atoms with Gasteiger partial charge in [0.2, 0.25) is 0 Å². The zero-order valence-electron chi connectivity index (χ0n) is 18.0. The highest BCUT2D eigenvalue weighted by molar-refractivity contribution is 5.95. The first-order valence-corrected chi connectivity index (χ1v) is 11.3. The van der Waals surface area contributed by atoms with Crippen LogP contribution < -0.4 is 4.90 Å². The number of aromatic hydroxyl groups is 1. The largest absolute Gasteiger partial charge is 0.508 e. The minimum absolute atomic E-state index is 0.223. The molecule has 5 rings (SSSR count). The highest BCUT2D eigenvalue weighted by atomic mass is 19.2. The maximum atomic E-state index is 13.6. The second kappa shape index (κ2) is 8.87. The highest BCUT2D eigenvalue weighted by Gasteiger charge is 2.29. The van der Waals surface area contributed by atoms with Gasteiger partial charge in [-0.25, -0.2) is 13.8 Å². The van der Waals surface area contributed by atoms with Gasteiger partial charge in [-0.3, -0.25) is 0 Å². The molecule has 3 heterocycles. The van der Waals surface area contributed by atoms with Crippen LogP contribution in [0.1, 0.15) is 36.9 Å². The van der Waals surface area contributed by atoms with Gasteiger partial charge in [0.15, 0.2) is 11.6 Å². The van der Waals surface area contributed by atoms with Gasteiger partial charge in [-0.15, -0.1) is 0 Å². The fourth-order valence-electron chi connectivity index (χ4n) is 4.91. The molecule has 6 heteroatoms. The Hall–Kier alpha value is -2.99. The van der Waals surface area contributed by atoms with Crippen LogP contribution in [0.15, 0.2) is 42.5 Å². The second-order valence-electron chi connectivity index (χ2n) is 8.78. The molecule has 2 fully saturated rings. The number of anilines is 1. The molecule has 4 nitrogen and oxygen atoms in total. The van der Waals surface area contributed by atoms with Crippen LogP contribution in [0.5, 0.6) is 5.75 Å². The molecule has 0 aliphatic carbocycles. The predicted molar refractivity (Wildman–Crippen MR) is 125 cm³/mol. The number of benzene rings is 2. The van der Waals surface area contributed by atoms with E-state index in [4.69, 9.17) is 4.98 Å².